The molecule has 1 N–H and O–H groups in total. The summed E-state index contributed by atoms with van der Waals surface area (Å²) < 4.78 is 5.69. The number of fused-ring (bicyclic) bond motifs is 1. The first-order valence-corrected chi connectivity index (χ1v) is 4.99. The first-order chi connectivity index (χ1) is 6.81. The van der Waals surface area contributed by atoms with Crippen molar-refractivity contribution < 1.29 is 4.74 Å². The Morgan fingerprint density at radius 2 is 2.36 bits per heavy atom. The van der Waals surface area contributed by atoms with Gasteiger partial charge >= 0.3 is 0 Å². The van der Waals surface area contributed by atoms with Crippen molar-refractivity contribution in [1.82, 2.24) is 0 Å². The van der Waals surface area contributed by atoms with Crippen LogP contribution in [-0.4, -0.2) is 6.61 Å². The second-order valence-electron chi connectivity index (χ2n) is 3.50. The Hall–Kier alpha value is -1.44. The second-order valence-corrected chi connectivity index (χ2v) is 3.50. The van der Waals surface area contributed by atoms with Crippen LogP contribution >= 0.6 is 0 Å². The zero-order chi connectivity index (χ0) is 9.97. The van der Waals surface area contributed by atoms with Crippen LogP contribution in [0.1, 0.15) is 18.9 Å². The summed E-state index contributed by atoms with van der Waals surface area (Å²) in [6, 6.07) is 6.15. The van der Waals surface area contributed by atoms with Crippen molar-refractivity contribution in [2.24, 2.45) is 0 Å². The van der Waals surface area contributed by atoms with Crippen LogP contribution in [-0.2, 0) is 0 Å². The lowest BCUT2D eigenvalue weighted by Gasteiger charge is -2.23. The van der Waals surface area contributed by atoms with E-state index in [1.165, 1.54) is 5.56 Å². The summed E-state index contributed by atoms with van der Waals surface area (Å²) in [5.41, 5.74) is 3.42. The van der Waals surface area contributed by atoms with Crippen molar-refractivity contribution >= 4 is 5.69 Å². The molecule has 0 bridgehead atoms. The van der Waals surface area contributed by atoms with Gasteiger partial charge in [-0.25, -0.2) is 0 Å². The van der Waals surface area contributed by atoms with Crippen LogP contribution < -0.4 is 10.1 Å². The lowest BCUT2D eigenvalue weighted by molar-refractivity contribution is 0.343. The van der Waals surface area contributed by atoms with E-state index in [9.17, 15) is 0 Å². The van der Waals surface area contributed by atoms with Crippen molar-refractivity contribution in [3.05, 3.63) is 35.5 Å². The highest BCUT2D eigenvalue weighted by molar-refractivity contribution is 5.64. The van der Waals surface area contributed by atoms with Crippen LogP contribution in [0.3, 0.4) is 0 Å². The minimum atomic E-state index is 0.658. The van der Waals surface area contributed by atoms with Gasteiger partial charge in [0, 0.05) is 5.70 Å². The Morgan fingerprint density at radius 1 is 1.50 bits per heavy atom. The van der Waals surface area contributed by atoms with Crippen LogP contribution in [0.2, 0.25) is 0 Å². The Morgan fingerprint density at radius 3 is 3.14 bits per heavy atom. The molecule has 0 spiro atoms. The van der Waals surface area contributed by atoms with E-state index in [0.29, 0.717) is 6.61 Å². The van der Waals surface area contributed by atoms with Crippen molar-refractivity contribution in [2.45, 2.75) is 20.3 Å². The Bertz CT molecular complexity index is 369. The third-order valence-electron chi connectivity index (χ3n) is 2.33. The Balaban J connectivity index is 2.31. The fourth-order valence-electron chi connectivity index (χ4n) is 1.66. The summed E-state index contributed by atoms with van der Waals surface area (Å²) in [5.74, 6) is 0.987. The van der Waals surface area contributed by atoms with Gasteiger partial charge in [0.2, 0.25) is 0 Å². The molecule has 1 aliphatic heterocycles. The number of nitrogens with one attached hydrogen (secondary N) is 1. The quantitative estimate of drug-likeness (QED) is 0.733. The van der Waals surface area contributed by atoms with Gasteiger partial charge in [0.05, 0.1) is 5.69 Å². The van der Waals surface area contributed by atoms with Crippen LogP contribution in [0.5, 0.6) is 5.75 Å². The highest BCUT2D eigenvalue weighted by atomic mass is 16.5. The van der Waals surface area contributed by atoms with Gasteiger partial charge in [0.25, 0.3) is 0 Å². The van der Waals surface area contributed by atoms with E-state index in [4.69, 9.17) is 4.74 Å². The zero-order valence-electron chi connectivity index (χ0n) is 8.63. The summed E-state index contributed by atoms with van der Waals surface area (Å²) >= 11 is 0. The van der Waals surface area contributed by atoms with Gasteiger partial charge in [-0.2, -0.15) is 0 Å². The lowest BCUT2D eigenvalue weighted by atomic mass is 10.1. The average Bonchev–Trinajstić information content (AvgIpc) is 2.18. The number of ether oxygens (including phenoxy) is 1. The van der Waals surface area contributed by atoms with Gasteiger partial charge in [0.15, 0.2) is 0 Å². The zero-order valence-corrected chi connectivity index (χ0v) is 8.63. The van der Waals surface area contributed by atoms with Crippen LogP contribution in [0, 0.1) is 6.92 Å². The third-order valence-corrected chi connectivity index (χ3v) is 2.33. The van der Waals surface area contributed by atoms with E-state index in [-0.39, 0.29) is 0 Å². The molecule has 0 aliphatic carbocycles. The van der Waals surface area contributed by atoms with Gasteiger partial charge in [0.1, 0.15) is 12.4 Å². The number of hydrogen-bond donors (Lipinski definition) is 1. The van der Waals surface area contributed by atoms with E-state index >= 15 is 0 Å². The maximum absolute atomic E-state index is 5.69. The maximum Gasteiger partial charge on any atom is 0.146 e. The molecule has 0 amide bonds. The third kappa shape index (κ3) is 1.60. The SMILES string of the molecule is CC/C=C1/COc2c(C)cccc2N1. The highest BCUT2D eigenvalue weighted by Gasteiger charge is 2.13. The first kappa shape index (κ1) is 9.13. The van der Waals surface area contributed by atoms with Crippen molar-refractivity contribution in [3.63, 3.8) is 0 Å². The monoisotopic (exact) mass is 189 g/mol. The summed E-state index contributed by atoms with van der Waals surface area (Å²) in [7, 11) is 0. The number of anilines is 1. The molecule has 2 nitrogen and oxygen atoms in total. The molecule has 0 saturated heterocycles. The smallest absolute Gasteiger partial charge is 0.146 e. The Labute approximate surface area is 84.6 Å². The van der Waals surface area contributed by atoms with E-state index in [1.807, 2.05) is 12.1 Å². The molecule has 2 heteroatoms. The molecule has 1 aliphatic rings. The fraction of sp³-hybridized carbons (Fsp3) is 0.333. The number of hydrogen-bond acceptors (Lipinski definition) is 2. The number of para-hydroxylation sites is 1. The Kier molecular flexibility index (Phi) is 2.44. The number of rotatable bonds is 1. The predicted molar refractivity (Wildman–Crippen MR) is 58.7 cm³/mol. The largest absolute Gasteiger partial charge is 0.485 e. The molecule has 74 valence electrons. The minimum absolute atomic E-state index is 0.658. The van der Waals surface area contributed by atoms with Crippen LogP contribution in [0.4, 0.5) is 5.69 Å². The van der Waals surface area contributed by atoms with Crippen molar-refractivity contribution in [3.8, 4) is 5.75 Å². The molecule has 0 unspecified atom stereocenters. The molecule has 0 fully saturated rings. The molecular weight excluding hydrogens is 174 g/mol. The van der Waals surface area contributed by atoms with Crippen molar-refractivity contribution in [1.29, 1.82) is 0 Å². The first-order valence-electron chi connectivity index (χ1n) is 4.99. The number of benzene rings is 1. The normalized spacial score (nSPS) is 17.1. The van der Waals surface area contributed by atoms with E-state index < -0.39 is 0 Å². The van der Waals surface area contributed by atoms with Gasteiger partial charge in [-0.15, -0.1) is 0 Å². The molecular formula is C12H15NO. The summed E-state index contributed by atoms with van der Waals surface area (Å²) in [6.45, 7) is 4.85. The van der Waals surface area contributed by atoms with Gasteiger partial charge in [-0.1, -0.05) is 25.1 Å². The lowest BCUT2D eigenvalue weighted by Crippen LogP contribution is -2.16. The van der Waals surface area contributed by atoms with E-state index in [0.717, 1.165) is 23.6 Å². The molecule has 1 aromatic carbocycles. The second kappa shape index (κ2) is 3.74. The summed E-state index contributed by atoms with van der Waals surface area (Å²) in [6.07, 6.45) is 3.19. The van der Waals surface area contributed by atoms with Crippen molar-refractivity contribution in [2.75, 3.05) is 11.9 Å². The van der Waals surface area contributed by atoms with Gasteiger partial charge < -0.3 is 10.1 Å². The van der Waals surface area contributed by atoms with E-state index in [1.54, 1.807) is 0 Å². The number of aryl methyl sites for hydroxylation is 1. The molecule has 0 radical (unpaired) electrons. The molecule has 0 atom stereocenters. The molecule has 1 aromatic rings. The average molecular weight is 189 g/mol. The minimum Gasteiger partial charge on any atom is -0.485 e. The highest BCUT2D eigenvalue weighted by Crippen LogP contribution is 2.32. The standard InChI is InChI=1S/C12H15NO/c1-3-5-10-8-14-12-9(2)6-4-7-11(12)13-10/h4-7,13H,3,8H2,1-2H3/b10-5-. The molecule has 2 rings (SSSR count). The maximum atomic E-state index is 5.69. The van der Waals surface area contributed by atoms with Gasteiger partial charge in [-0.3, -0.25) is 0 Å². The van der Waals surface area contributed by atoms with Gasteiger partial charge in [-0.05, 0) is 25.0 Å². The van der Waals surface area contributed by atoms with Crippen LogP contribution in [0.25, 0.3) is 0 Å². The molecule has 0 saturated carbocycles. The molecule has 0 aromatic heterocycles. The molecule has 14 heavy (non-hydrogen) atoms. The predicted octanol–water partition coefficient (Wildman–Crippen LogP) is 3.09. The fourth-order valence-corrected chi connectivity index (χ4v) is 1.66. The topological polar surface area (TPSA) is 21.3 Å². The van der Waals surface area contributed by atoms with Crippen LogP contribution in [0.15, 0.2) is 30.0 Å². The summed E-state index contributed by atoms with van der Waals surface area (Å²) in [5, 5.41) is 3.37. The number of allylic oxidation sites excluding steroid dienone is 1. The molecule has 1 heterocycles. The van der Waals surface area contributed by atoms with E-state index in [2.05, 4.69) is 31.3 Å². The summed E-state index contributed by atoms with van der Waals surface area (Å²) in [4.78, 5) is 0.